The van der Waals surface area contributed by atoms with Crippen molar-refractivity contribution >= 4 is 11.8 Å². The zero-order chi connectivity index (χ0) is 12.6. The van der Waals surface area contributed by atoms with Crippen molar-refractivity contribution in [2.75, 3.05) is 44.8 Å². The summed E-state index contributed by atoms with van der Waals surface area (Å²) in [5.41, 5.74) is 2.57. The molecule has 1 aliphatic rings. The minimum atomic E-state index is 0.836. The molecular weight excluding hydrogens is 224 g/mol. The molecule has 1 N–H and O–H groups in total. The first-order valence-electron chi connectivity index (χ1n) is 6.64. The van der Waals surface area contributed by atoms with E-state index in [-0.39, 0.29) is 0 Å². The highest BCUT2D eigenvalue weighted by Crippen LogP contribution is 2.18. The predicted octanol–water partition coefficient (Wildman–Crippen LogP) is 2.15. The number of benzene rings is 1. The van der Waals surface area contributed by atoms with Crippen molar-refractivity contribution < 1.29 is 4.74 Å². The molecule has 1 aromatic rings. The number of hydrogen-bond donors (Lipinski definition) is 1. The Balaban J connectivity index is 1.98. The quantitative estimate of drug-likeness (QED) is 0.806. The van der Waals surface area contributed by atoms with Crippen LogP contribution in [0.15, 0.2) is 30.3 Å². The standard InChI is InChI=1S/C15H22N2O/c1-16-8-3-2-5-14-6-4-7-15(13-14)17-9-11-18-12-10-17/h2,4-7,13,16H,3,8-12H2,1H3. The molecule has 0 atom stereocenters. The summed E-state index contributed by atoms with van der Waals surface area (Å²) in [4.78, 5) is 2.38. The van der Waals surface area contributed by atoms with E-state index in [9.17, 15) is 0 Å². The van der Waals surface area contributed by atoms with E-state index in [4.69, 9.17) is 4.74 Å². The van der Waals surface area contributed by atoms with Gasteiger partial charge in [0.15, 0.2) is 0 Å². The van der Waals surface area contributed by atoms with Crippen molar-refractivity contribution in [2.24, 2.45) is 0 Å². The smallest absolute Gasteiger partial charge is 0.0642 e. The van der Waals surface area contributed by atoms with Gasteiger partial charge < -0.3 is 15.0 Å². The van der Waals surface area contributed by atoms with Gasteiger partial charge in [-0.3, -0.25) is 0 Å². The second kappa shape index (κ2) is 7.19. The number of anilines is 1. The molecule has 18 heavy (non-hydrogen) atoms. The van der Waals surface area contributed by atoms with Crippen LogP contribution in [0.1, 0.15) is 12.0 Å². The highest BCUT2D eigenvalue weighted by molar-refractivity contribution is 5.58. The van der Waals surface area contributed by atoms with Crippen LogP contribution in [0.4, 0.5) is 5.69 Å². The molecule has 0 unspecified atom stereocenters. The molecule has 1 aromatic carbocycles. The lowest BCUT2D eigenvalue weighted by atomic mass is 10.1. The van der Waals surface area contributed by atoms with Gasteiger partial charge in [0.05, 0.1) is 13.2 Å². The Hall–Kier alpha value is -1.32. The van der Waals surface area contributed by atoms with Crippen LogP contribution >= 0.6 is 0 Å². The van der Waals surface area contributed by atoms with Gasteiger partial charge in [-0.05, 0) is 37.7 Å². The number of ether oxygens (including phenoxy) is 1. The lowest BCUT2D eigenvalue weighted by molar-refractivity contribution is 0.122. The van der Waals surface area contributed by atoms with Gasteiger partial charge in [0.1, 0.15) is 0 Å². The van der Waals surface area contributed by atoms with Gasteiger partial charge in [-0.1, -0.05) is 24.3 Å². The Bertz CT molecular complexity index is 384. The summed E-state index contributed by atoms with van der Waals surface area (Å²) in [5.74, 6) is 0. The normalized spacial score (nSPS) is 16.4. The van der Waals surface area contributed by atoms with Crippen molar-refractivity contribution in [3.63, 3.8) is 0 Å². The third-order valence-electron chi connectivity index (χ3n) is 3.12. The molecule has 0 radical (unpaired) electrons. The van der Waals surface area contributed by atoms with Gasteiger partial charge in [-0.25, -0.2) is 0 Å². The summed E-state index contributed by atoms with van der Waals surface area (Å²) in [6, 6.07) is 8.71. The SMILES string of the molecule is CNCCC=Cc1cccc(N2CCOCC2)c1. The number of hydrogen-bond acceptors (Lipinski definition) is 3. The van der Waals surface area contributed by atoms with Gasteiger partial charge in [0, 0.05) is 18.8 Å². The fraction of sp³-hybridized carbons (Fsp3) is 0.467. The van der Waals surface area contributed by atoms with E-state index in [2.05, 4.69) is 46.6 Å². The lowest BCUT2D eigenvalue weighted by Crippen LogP contribution is -2.36. The van der Waals surface area contributed by atoms with Crippen molar-refractivity contribution in [1.82, 2.24) is 5.32 Å². The molecule has 98 valence electrons. The highest BCUT2D eigenvalue weighted by atomic mass is 16.5. The summed E-state index contributed by atoms with van der Waals surface area (Å²) in [5, 5.41) is 3.14. The van der Waals surface area contributed by atoms with Crippen molar-refractivity contribution in [2.45, 2.75) is 6.42 Å². The number of rotatable bonds is 5. The summed E-state index contributed by atoms with van der Waals surface area (Å²) >= 11 is 0. The summed E-state index contributed by atoms with van der Waals surface area (Å²) < 4.78 is 5.38. The fourth-order valence-corrected chi connectivity index (χ4v) is 2.09. The fourth-order valence-electron chi connectivity index (χ4n) is 2.09. The molecule has 3 heteroatoms. The second-order valence-corrected chi connectivity index (χ2v) is 4.49. The van der Waals surface area contributed by atoms with E-state index in [1.807, 2.05) is 7.05 Å². The van der Waals surface area contributed by atoms with Crippen LogP contribution in [0.2, 0.25) is 0 Å². The van der Waals surface area contributed by atoms with E-state index in [1.165, 1.54) is 11.3 Å². The molecule has 0 saturated carbocycles. The maximum atomic E-state index is 5.38. The molecule has 0 amide bonds. The average Bonchev–Trinajstić information content (AvgIpc) is 2.45. The van der Waals surface area contributed by atoms with Crippen molar-refractivity contribution in [1.29, 1.82) is 0 Å². The van der Waals surface area contributed by atoms with Crippen molar-refractivity contribution in [3.05, 3.63) is 35.9 Å². The topological polar surface area (TPSA) is 24.5 Å². The molecule has 1 heterocycles. The van der Waals surface area contributed by atoms with E-state index in [0.717, 1.165) is 39.3 Å². The minimum Gasteiger partial charge on any atom is -0.378 e. The first kappa shape index (κ1) is 13.1. The number of morpholine rings is 1. The molecular formula is C15H22N2O. The molecule has 0 spiro atoms. The molecule has 0 aromatic heterocycles. The Morgan fingerprint density at radius 1 is 1.33 bits per heavy atom. The Morgan fingerprint density at radius 3 is 2.94 bits per heavy atom. The molecule has 0 aliphatic carbocycles. The zero-order valence-electron chi connectivity index (χ0n) is 11.1. The highest BCUT2D eigenvalue weighted by Gasteiger charge is 2.10. The van der Waals surface area contributed by atoms with Crippen LogP contribution in [0.3, 0.4) is 0 Å². The molecule has 1 saturated heterocycles. The first-order chi connectivity index (χ1) is 8.90. The Morgan fingerprint density at radius 2 is 2.17 bits per heavy atom. The van der Waals surface area contributed by atoms with Gasteiger partial charge in [0.2, 0.25) is 0 Å². The monoisotopic (exact) mass is 246 g/mol. The first-order valence-corrected chi connectivity index (χ1v) is 6.64. The van der Waals surface area contributed by atoms with E-state index < -0.39 is 0 Å². The van der Waals surface area contributed by atoms with Crippen LogP contribution in [-0.4, -0.2) is 39.9 Å². The zero-order valence-corrected chi connectivity index (χ0v) is 11.1. The molecule has 1 fully saturated rings. The van der Waals surface area contributed by atoms with Crippen LogP contribution < -0.4 is 10.2 Å². The van der Waals surface area contributed by atoms with Crippen LogP contribution in [0.25, 0.3) is 6.08 Å². The van der Waals surface area contributed by atoms with E-state index in [0.29, 0.717) is 0 Å². The minimum absolute atomic E-state index is 0.836. The average molecular weight is 246 g/mol. The molecule has 3 nitrogen and oxygen atoms in total. The van der Waals surface area contributed by atoms with Crippen LogP contribution in [-0.2, 0) is 4.74 Å². The molecule has 2 rings (SSSR count). The van der Waals surface area contributed by atoms with Gasteiger partial charge >= 0.3 is 0 Å². The maximum Gasteiger partial charge on any atom is 0.0642 e. The van der Waals surface area contributed by atoms with Gasteiger partial charge in [-0.15, -0.1) is 0 Å². The third-order valence-corrected chi connectivity index (χ3v) is 3.12. The Labute approximate surface area is 109 Å². The van der Waals surface area contributed by atoms with Gasteiger partial charge in [-0.2, -0.15) is 0 Å². The summed E-state index contributed by atoms with van der Waals surface area (Å²) in [6.45, 7) is 4.68. The lowest BCUT2D eigenvalue weighted by Gasteiger charge is -2.29. The number of nitrogens with one attached hydrogen (secondary N) is 1. The maximum absolute atomic E-state index is 5.38. The molecule has 0 bridgehead atoms. The number of nitrogens with zero attached hydrogens (tertiary/aromatic N) is 1. The van der Waals surface area contributed by atoms with Crippen molar-refractivity contribution in [3.8, 4) is 0 Å². The third kappa shape index (κ3) is 3.86. The molecule has 1 aliphatic heterocycles. The van der Waals surface area contributed by atoms with E-state index in [1.54, 1.807) is 0 Å². The summed E-state index contributed by atoms with van der Waals surface area (Å²) in [7, 11) is 1.98. The second-order valence-electron chi connectivity index (χ2n) is 4.49. The largest absolute Gasteiger partial charge is 0.378 e. The predicted molar refractivity (Wildman–Crippen MR) is 77.1 cm³/mol. The van der Waals surface area contributed by atoms with E-state index >= 15 is 0 Å². The summed E-state index contributed by atoms with van der Waals surface area (Å²) in [6.07, 6.45) is 5.48. The van der Waals surface area contributed by atoms with Crippen LogP contribution in [0.5, 0.6) is 0 Å². The Kier molecular flexibility index (Phi) is 5.24. The van der Waals surface area contributed by atoms with Crippen LogP contribution in [0, 0.1) is 0 Å². The van der Waals surface area contributed by atoms with Gasteiger partial charge in [0.25, 0.3) is 0 Å².